The second-order valence-corrected chi connectivity index (χ2v) is 4.26. The highest BCUT2D eigenvalue weighted by atomic mass is 16.3. The van der Waals surface area contributed by atoms with Gasteiger partial charge in [-0.05, 0) is 36.0 Å². The summed E-state index contributed by atoms with van der Waals surface area (Å²) in [6.45, 7) is 6.23. The molecule has 0 heterocycles. The van der Waals surface area contributed by atoms with E-state index in [1.54, 1.807) is 0 Å². The molecule has 2 nitrogen and oxygen atoms in total. The van der Waals surface area contributed by atoms with Crippen LogP contribution in [0.15, 0.2) is 18.2 Å². The fourth-order valence-corrected chi connectivity index (χ4v) is 1.92. The van der Waals surface area contributed by atoms with Crippen molar-refractivity contribution in [1.29, 1.82) is 0 Å². The van der Waals surface area contributed by atoms with E-state index in [-0.39, 0.29) is 6.04 Å². The molecule has 0 aromatic heterocycles. The van der Waals surface area contributed by atoms with Crippen molar-refractivity contribution in [3.8, 4) is 0 Å². The Kier molecular flexibility index (Phi) is 4.97. The molecule has 0 aliphatic rings. The van der Waals surface area contributed by atoms with Crippen LogP contribution in [0, 0.1) is 0 Å². The summed E-state index contributed by atoms with van der Waals surface area (Å²) in [6, 6.07) is 6.17. The highest BCUT2D eigenvalue weighted by Gasteiger charge is 2.18. The number of hydrogen-bond acceptors (Lipinski definition) is 2. The van der Waals surface area contributed by atoms with E-state index in [4.69, 9.17) is 5.73 Å². The SMILES string of the molecule is CCc1ccc(CC)c(C(O)C(N)CC)c1. The van der Waals surface area contributed by atoms with Crippen LogP contribution in [0.4, 0.5) is 0 Å². The summed E-state index contributed by atoms with van der Waals surface area (Å²) in [5.41, 5.74) is 9.39. The third kappa shape index (κ3) is 2.83. The third-order valence-corrected chi connectivity index (χ3v) is 3.20. The first-order valence-electron chi connectivity index (χ1n) is 6.19. The summed E-state index contributed by atoms with van der Waals surface area (Å²) in [7, 11) is 0. The lowest BCUT2D eigenvalue weighted by atomic mass is 9.93. The van der Waals surface area contributed by atoms with Gasteiger partial charge in [-0.25, -0.2) is 0 Å². The maximum absolute atomic E-state index is 10.2. The number of hydrogen-bond donors (Lipinski definition) is 2. The molecule has 0 fully saturated rings. The summed E-state index contributed by atoms with van der Waals surface area (Å²) in [6.07, 6.45) is 2.19. The van der Waals surface area contributed by atoms with E-state index in [1.807, 2.05) is 6.92 Å². The van der Waals surface area contributed by atoms with Gasteiger partial charge >= 0.3 is 0 Å². The maximum Gasteiger partial charge on any atom is 0.0943 e. The zero-order valence-electron chi connectivity index (χ0n) is 10.5. The van der Waals surface area contributed by atoms with Crippen LogP contribution in [-0.2, 0) is 12.8 Å². The number of nitrogens with two attached hydrogens (primary N) is 1. The minimum atomic E-state index is -0.536. The quantitative estimate of drug-likeness (QED) is 0.802. The first kappa shape index (κ1) is 13.2. The van der Waals surface area contributed by atoms with Gasteiger partial charge in [0.05, 0.1) is 6.10 Å². The molecule has 0 saturated carbocycles. The first-order valence-corrected chi connectivity index (χ1v) is 6.19. The normalized spacial score (nSPS) is 14.8. The van der Waals surface area contributed by atoms with Crippen LogP contribution in [0.25, 0.3) is 0 Å². The molecular weight excluding hydrogens is 198 g/mol. The van der Waals surface area contributed by atoms with E-state index in [1.165, 1.54) is 11.1 Å². The van der Waals surface area contributed by atoms with Crippen LogP contribution in [0.1, 0.15) is 50.0 Å². The van der Waals surface area contributed by atoms with Gasteiger partial charge in [0.1, 0.15) is 0 Å². The van der Waals surface area contributed by atoms with Crippen molar-refractivity contribution >= 4 is 0 Å². The fourth-order valence-electron chi connectivity index (χ4n) is 1.92. The summed E-state index contributed by atoms with van der Waals surface area (Å²) >= 11 is 0. The average Bonchev–Trinajstić information content (AvgIpc) is 2.35. The van der Waals surface area contributed by atoms with E-state index in [2.05, 4.69) is 32.0 Å². The second kappa shape index (κ2) is 6.02. The molecule has 90 valence electrons. The number of aliphatic hydroxyl groups is 1. The van der Waals surface area contributed by atoms with Crippen molar-refractivity contribution in [2.75, 3.05) is 0 Å². The third-order valence-electron chi connectivity index (χ3n) is 3.20. The Morgan fingerprint density at radius 1 is 1.19 bits per heavy atom. The predicted octanol–water partition coefficient (Wildman–Crippen LogP) is 2.58. The van der Waals surface area contributed by atoms with Gasteiger partial charge in [0, 0.05) is 6.04 Å². The van der Waals surface area contributed by atoms with Crippen molar-refractivity contribution in [2.24, 2.45) is 5.73 Å². The predicted molar refractivity (Wildman–Crippen MR) is 68.4 cm³/mol. The molecule has 2 unspecified atom stereocenters. The Labute approximate surface area is 98.5 Å². The minimum Gasteiger partial charge on any atom is -0.387 e. The average molecular weight is 221 g/mol. The van der Waals surface area contributed by atoms with E-state index in [0.29, 0.717) is 0 Å². The van der Waals surface area contributed by atoms with E-state index < -0.39 is 6.10 Å². The van der Waals surface area contributed by atoms with E-state index in [9.17, 15) is 5.11 Å². The molecule has 0 bridgehead atoms. The highest BCUT2D eigenvalue weighted by molar-refractivity contribution is 5.34. The zero-order chi connectivity index (χ0) is 12.1. The van der Waals surface area contributed by atoms with Crippen LogP contribution >= 0.6 is 0 Å². The molecule has 1 aromatic carbocycles. The van der Waals surface area contributed by atoms with Gasteiger partial charge in [-0.2, -0.15) is 0 Å². The molecule has 0 aliphatic heterocycles. The molecule has 2 heteroatoms. The van der Waals surface area contributed by atoms with Gasteiger partial charge in [0.2, 0.25) is 0 Å². The summed E-state index contributed by atoms with van der Waals surface area (Å²) in [4.78, 5) is 0. The summed E-state index contributed by atoms with van der Waals surface area (Å²) in [5, 5.41) is 10.2. The summed E-state index contributed by atoms with van der Waals surface area (Å²) in [5.74, 6) is 0. The van der Waals surface area contributed by atoms with Crippen LogP contribution in [0.2, 0.25) is 0 Å². The van der Waals surface area contributed by atoms with Gasteiger partial charge in [-0.15, -0.1) is 0 Å². The smallest absolute Gasteiger partial charge is 0.0943 e. The number of aliphatic hydroxyl groups excluding tert-OH is 1. The first-order chi connectivity index (χ1) is 7.63. The fraction of sp³-hybridized carbons (Fsp3) is 0.571. The van der Waals surface area contributed by atoms with Gasteiger partial charge < -0.3 is 10.8 Å². The van der Waals surface area contributed by atoms with E-state index in [0.717, 1.165) is 24.8 Å². The molecule has 3 N–H and O–H groups in total. The lowest BCUT2D eigenvalue weighted by Crippen LogP contribution is -2.28. The van der Waals surface area contributed by atoms with Crippen molar-refractivity contribution < 1.29 is 5.11 Å². The van der Waals surface area contributed by atoms with Gasteiger partial charge in [-0.1, -0.05) is 39.0 Å². The van der Waals surface area contributed by atoms with Gasteiger partial charge in [-0.3, -0.25) is 0 Å². The van der Waals surface area contributed by atoms with Crippen LogP contribution < -0.4 is 5.73 Å². The Hall–Kier alpha value is -0.860. The molecule has 1 rings (SSSR count). The Morgan fingerprint density at radius 2 is 1.88 bits per heavy atom. The van der Waals surface area contributed by atoms with Gasteiger partial charge in [0.15, 0.2) is 0 Å². The summed E-state index contributed by atoms with van der Waals surface area (Å²) < 4.78 is 0. The molecule has 1 aromatic rings. The van der Waals surface area contributed by atoms with Crippen LogP contribution in [0.5, 0.6) is 0 Å². The minimum absolute atomic E-state index is 0.169. The van der Waals surface area contributed by atoms with Gasteiger partial charge in [0.25, 0.3) is 0 Å². The Balaban J connectivity index is 3.07. The lowest BCUT2D eigenvalue weighted by molar-refractivity contribution is 0.143. The van der Waals surface area contributed by atoms with Crippen LogP contribution in [-0.4, -0.2) is 11.1 Å². The van der Waals surface area contributed by atoms with Crippen LogP contribution in [0.3, 0.4) is 0 Å². The topological polar surface area (TPSA) is 46.2 Å². The molecule has 0 radical (unpaired) electrons. The standard InChI is InChI=1S/C14H23NO/c1-4-10-7-8-11(5-2)12(9-10)14(16)13(15)6-3/h7-9,13-14,16H,4-6,15H2,1-3H3. The molecule has 16 heavy (non-hydrogen) atoms. The highest BCUT2D eigenvalue weighted by Crippen LogP contribution is 2.23. The number of benzene rings is 1. The largest absolute Gasteiger partial charge is 0.387 e. The molecule has 0 amide bonds. The van der Waals surface area contributed by atoms with Crippen molar-refractivity contribution in [1.82, 2.24) is 0 Å². The maximum atomic E-state index is 10.2. The second-order valence-electron chi connectivity index (χ2n) is 4.26. The molecular formula is C14H23NO. The Bertz CT molecular complexity index is 336. The monoisotopic (exact) mass is 221 g/mol. The molecule has 0 spiro atoms. The Morgan fingerprint density at radius 3 is 2.38 bits per heavy atom. The van der Waals surface area contributed by atoms with E-state index >= 15 is 0 Å². The zero-order valence-corrected chi connectivity index (χ0v) is 10.5. The number of aryl methyl sites for hydroxylation is 2. The van der Waals surface area contributed by atoms with Crippen molar-refractivity contribution in [2.45, 2.75) is 52.2 Å². The van der Waals surface area contributed by atoms with Crippen molar-refractivity contribution in [3.05, 3.63) is 34.9 Å². The molecule has 2 atom stereocenters. The lowest BCUT2D eigenvalue weighted by Gasteiger charge is -2.21. The van der Waals surface area contributed by atoms with Crippen molar-refractivity contribution in [3.63, 3.8) is 0 Å². The molecule has 0 aliphatic carbocycles. The molecule has 0 saturated heterocycles. The number of rotatable bonds is 5.